The lowest BCUT2D eigenvalue weighted by Crippen LogP contribution is -2.30. The summed E-state index contributed by atoms with van der Waals surface area (Å²) in [5.41, 5.74) is 0. The highest BCUT2D eigenvalue weighted by Crippen LogP contribution is 2.14. The van der Waals surface area contributed by atoms with Gasteiger partial charge in [0.05, 0.1) is 24.8 Å². The fraction of sp³-hybridized carbons (Fsp3) is 0.538. The summed E-state index contributed by atoms with van der Waals surface area (Å²) >= 11 is 0. The van der Waals surface area contributed by atoms with Crippen molar-refractivity contribution in [2.75, 3.05) is 33.4 Å². The lowest BCUT2D eigenvalue weighted by atomic mass is 10.4. The van der Waals surface area contributed by atoms with Crippen LogP contribution in [0.25, 0.3) is 0 Å². The number of hydrogen-bond donors (Lipinski definition) is 2. The molecule has 2 N–H and O–H groups in total. The highest BCUT2D eigenvalue weighted by Gasteiger charge is 2.11. The monoisotopic (exact) mass is 346 g/mol. The molecule has 0 spiro atoms. The quantitative estimate of drug-likeness (QED) is 0.359. The average molecular weight is 346 g/mol. The summed E-state index contributed by atoms with van der Waals surface area (Å²) in [4.78, 5) is 9.79. The third-order valence-electron chi connectivity index (χ3n) is 2.71. The summed E-state index contributed by atoms with van der Waals surface area (Å²) in [5.74, 6) is 1.92. The van der Waals surface area contributed by atoms with Crippen LogP contribution in [-0.2, 0) is 23.1 Å². The first-order chi connectivity index (χ1) is 10.7. The van der Waals surface area contributed by atoms with E-state index in [1.165, 1.54) is 14.1 Å². The van der Waals surface area contributed by atoms with Crippen molar-refractivity contribution in [2.45, 2.75) is 12.3 Å². The van der Waals surface area contributed by atoms with Crippen molar-refractivity contribution in [3.8, 4) is 0 Å². The number of hydroxylamine groups is 3. The topological polar surface area (TPSA) is 120 Å². The van der Waals surface area contributed by atoms with Gasteiger partial charge in [-0.2, -0.15) is 0 Å². The Hall–Kier alpha value is -1.91. The molecule has 0 aliphatic carbocycles. The molecule has 0 aliphatic heterocycles. The van der Waals surface area contributed by atoms with Gasteiger partial charge in [-0.15, -0.1) is 0 Å². The molecule has 1 rings (SSSR count). The second-order valence-corrected chi connectivity index (χ2v) is 6.97. The van der Waals surface area contributed by atoms with Gasteiger partial charge in [0.15, 0.2) is 11.6 Å². The van der Waals surface area contributed by atoms with Gasteiger partial charge in [0.1, 0.15) is 12.3 Å². The Bertz CT molecular complexity index is 579. The average Bonchev–Trinajstić information content (AvgIpc) is 2.81. The van der Waals surface area contributed by atoms with Crippen LogP contribution in [0.15, 0.2) is 28.6 Å². The van der Waals surface area contributed by atoms with E-state index >= 15 is 0 Å². The molecule has 0 saturated carbocycles. The van der Waals surface area contributed by atoms with Crippen molar-refractivity contribution in [1.82, 2.24) is 10.6 Å². The Morgan fingerprint density at radius 1 is 1.43 bits per heavy atom. The van der Waals surface area contributed by atoms with Crippen LogP contribution in [0.2, 0.25) is 0 Å². The van der Waals surface area contributed by atoms with E-state index in [0.29, 0.717) is 23.8 Å². The second-order valence-electron chi connectivity index (χ2n) is 5.39. The van der Waals surface area contributed by atoms with Crippen molar-refractivity contribution in [1.29, 1.82) is 0 Å². The zero-order chi connectivity index (χ0) is 17.5. The maximum Gasteiger partial charge on any atom is 0.274 e. The highest BCUT2D eigenvalue weighted by atomic mass is 32.2. The standard InChI is InChI=1S/C13H22N4O5S/c1-14-13(8-16(18)19)15-6-7-23(21)10-12-5-4-11(22-12)9-17(2,3)20/h4-5,8,14-15H,6-7,9-10H2,1-3H3. The van der Waals surface area contributed by atoms with Crippen LogP contribution >= 0.6 is 0 Å². The van der Waals surface area contributed by atoms with Crippen molar-refractivity contribution in [3.05, 3.63) is 51.0 Å². The third-order valence-corrected chi connectivity index (χ3v) is 3.97. The molecule has 1 atom stereocenters. The van der Waals surface area contributed by atoms with Crippen LogP contribution in [0.3, 0.4) is 0 Å². The van der Waals surface area contributed by atoms with Gasteiger partial charge in [-0.1, -0.05) is 0 Å². The van der Waals surface area contributed by atoms with E-state index in [-0.39, 0.29) is 18.1 Å². The van der Waals surface area contributed by atoms with E-state index in [1.807, 2.05) is 0 Å². The minimum absolute atomic E-state index is 0.214. The molecule has 1 aromatic heterocycles. The van der Waals surface area contributed by atoms with Crippen LogP contribution in [0.4, 0.5) is 0 Å². The number of nitrogens with zero attached hydrogens (tertiary/aromatic N) is 2. The first-order valence-corrected chi connectivity index (χ1v) is 8.42. The third kappa shape index (κ3) is 8.33. The summed E-state index contributed by atoms with van der Waals surface area (Å²) in [5, 5.41) is 27.4. The van der Waals surface area contributed by atoms with Gasteiger partial charge in [0.25, 0.3) is 6.20 Å². The summed E-state index contributed by atoms with van der Waals surface area (Å²) in [7, 11) is 3.41. The number of hydrogen-bond acceptors (Lipinski definition) is 7. The largest absolute Gasteiger partial charge is 0.633 e. The molecule has 1 aromatic rings. The lowest BCUT2D eigenvalue weighted by Gasteiger charge is -2.32. The Morgan fingerprint density at radius 3 is 2.65 bits per heavy atom. The van der Waals surface area contributed by atoms with Gasteiger partial charge >= 0.3 is 0 Å². The van der Waals surface area contributed by atoms with Gasteiger partial charge in [-0.3, -0.25) is 14.3 Å². The van der Waals surface area contributed by atoms with Crippen molar-refractivity contribution in [2.24, 2.45) is 0 Å². The van der Waals surface area contributed by atoms with Gasteiger partial charge in [-0.25, -0.2) is 0 Å². The maximum atomic E-state index is 12.0. The van der Waals surface area contributed by atoms with E-state index < -0.39 is 20.4 Å². The Kier molecular flexibility index (Phi) is 7.20. The van der Waals surface area contributed by atoms with E-state index in [2.05, 4.69) is 10.6 Å². The molecule has 1 heterocycles. The molecule has 0 aromatic carbocycles. The van der Waals surface area contributed by atoms with Crippen LogP contribution in [-0.4, -0.2) is 47.2 Å². The molecule has 0 saturated heterocycles. The first-order valence-electron chi connectivity index (χ1n) is 6.93. The minimum atomic E-state index is -1.18. The van der Waals surface area contributed by atoms with E-state index in [0.717, 1.165) is 6.20 Å². The fourth-order valence-electron chi connectivity index (χ4n) is 1.79. The summed E-state index contributed by atoms with van der Waals surface area (Å²) in [6.07, 6.45) is 0.810. The molecule has 9 nitrogen and oxygen atoms in total. The zero-order valence-electron chi connectivity index (χ0n) is 13.4. The fourth-order valence-corrected chi connectivity index (χ4v) is 2.74. The molecule has 0 aliphatic rings. The number of nitrogens with one attached hydrogen (secondary N) is 2. The maximum absolute atomic E-state index is 12.0. The van der Waals surface area contributed by atoms with Gasteiger partial charge in [0.2, 0.25) is 0 Å². The van der Waals surface area contributed by atoms with Gasteiger partial charge in [-0.05, 0) is 12.1 Å². The van der Waals surface area contributed by atoms with Crippen molar-refractivity contribution >= 4 is 10.8 Å². The molecule has 10 heteroatoms. The predicted octanol–water partition coefficient (Wildman–Crippen LogP) is 0.487. The van der Waals surface area contributed by atoms with Gasteiger partial charge < -0.3 is 24.9 Å². The normalized spacial score (nSPS) is 13.7. The number of nitro groups is 1. The summed E-state index contributed by atoms with van der Waals surface area (Å²) in [6.45, 7) is 0.538. The molecule has 0 bridgehead atoms. The van der Waals surface area contributed by atoms with E-state index in [9.17, 15) is 19.5 Å². The number of rotatable bonds is 10. The molecule has 0 radical (unpaired) electrons. The molecule has 23 heavy (non-hydrogen) atoms. The predicted molar refractivity (Wildman–Crippen MR) is 86.7 cm³/mol. The smallest absolute Gasteiger partial charge is 0.274 e. The molecule has 0 amide bonds. The molecular formula is C13H22N4O5S. The zero-order valence-corrected chi connectivity index (χ0v) is 14.2. The van der Waals surface area contributed by atoms with Crippen molar-refractivity contribution < 1.29 is 18.2 Å². The SMILES string of the molecule is CNC(=C[N+](=O)[O-])NCCS(=O)Cc1ccc(C[N+](C)(C)[O-])o1. The molecule has 130 valence electrons. The molecular weight excluding hydrogens is 324 g/mol. The Labute approximate surface area is 137 Å². The minimum Gasteiger partial charge on any atom is -0.633 e. The summed E-state index contributed by atoms with van der Waals surface area (Å²) in [6, 6.07) is 3.42. The Balaban J connectivity index is 2.41. The van der Waals surface area contributed by atoms with E-state index in [4.69, 9.17) is 4.42 Å². The summed E-state index contributed by atoms with van der Waals surface area (Å²) < 4.78 is 17.0. The van der Waals surface area contributed by atoms with Crippen LogP contribution in [0.1, 0.15) is 11.5 Å². The van der Waals surface area contributed by atoms with Gasteiger partial charge in [0, 0.05) is 30.1 Å². The lowest BCUT2D eigenvalue weighted by molar-refractivity contribution is -0.854. The first kappa shape index (κ1) is 19.1. The van der Waals surface area contributed by atoms with Crippen LogP contribution in [0.5, 0.6) is 0 Å². The Morgan fingerprint density at radius 2 is 2.09 bits per heavy atom. The molecule has 1 unspecified atom stereocenters. The van der Waals surface area contributed by atoms with Crippen LogP contribution in [0, 0.1) is 15.3 Å². The molecule has 0 fully saturated rings. The second kappa shape index (κ2) is 8.65. The highest BCUT2D eigenvalue weighted by molar-refractivity contribution is 7.84. The van der Waals surface area contributed by atoms with E-state index in [1.54, 1.807) is 19.2 Å². The van der Waals surface area contributed by atoms with Crippen LogP contribution < -0.4 is 10.6 Å². The number of quaternary nitrogens is 1. The number of furan rings is 1. The van der Waals surface area contributed by atoms with Crippen molar-refractivity contribution in [3.63, 3.8) is 0 Å².